The molecule has 1 N–H and O–H groups in total. The van der Waals surface area contributed by atoms with Gasteiger partial charge >= 0.3 is 0 Å². The average molecular weight is 328 g/mol. The molecular formula is C17H11F3N4. The van der Waals surface area contributed by atoms with Crippen molar-refractivity contribution in [3.8, 4) is 11.4 Å². The van der Waals surface area contributed by atoms with Gasteiger partial charge in [-0.3, -0.25) is 0 Å². The maximum Gasteiger partial charge on any atom is 0.143 e. The van der Waals surface area contributed by atoms with Crippen LogP contribution in [0.1, 0.15) is 5.82 Å². The lowest BCUT2D eigenvalue weighted by atomic mass is 10.2. The van der Waals surface area contributed by atoms with Crippen LogP contribution in [0.25, 0.3) is 22.4 Å². The van der Waals surface area contributed by atoms with E-state index in [-0.39, 0.29) is 17.9 Å². The monoisotopic (exact) mass is 328 g/mol. The van der Waals surface area contributed by atoms with Gasteiger partial charge in [0.15, 0.2) is 0 Å². The summed E-state index contributed by atoms with van der Waals surface area (Å²) in [5.41, 5.74) is 1.27. The lowest BCUT2D eigenvalue weighted by Crippen LogP contribution is -2.04. The second-order valence-corrected chi connectivity index (χ2v) is 5.35. The van der Waals surface area contributed by atoms with Crippen molar-refractivity contribution in [2.24, 2.45) is 0 Å². The molecule has 0 aliphatic heterocycles. The number of hydrogen-bond acceptors (Lipinski definition) is 2. The van der Waals surface area contributed by atoms with Gasteiger partial charge in [-0.2, -0.15) is 0 Å². The Morgan fingerprint density at radius 3 is 2.67 bits per heavy atom. The Hall–Kier alpha value is -3.09. The van der Waals surface area contributed by atoms with Crippen molar-refractivity contribution in [1.82, 2.24) is 19.5 Å². The minimum absolute atomic E-state index is 0.0714. The Bertz CT molecular complexity index is 1040. The van der Waals surface area contributed by atoms with Crippen molar-refractivity contribution in [2.75, 3.05) is 0 Å². The molecule has 2 aromatic heterocycles. The summed E-state index contributed by atoms with van der Waals surface area (Å²) >= 11 is 0. The van der Waals surface area contributed by atoms with Crippen LogP contribution in [0.5, 0.6) is 0 Å². The molecule has 0 aliphatic rings. The topological polar surface area (TPSA) is 46.5 Å². The first-order valence-electron chi connectivity index (χ1n) is 7.21. The van der Waals surface area contributed by atoms with Crippen molar-refractivity contribution < 1.29 is 13.2 Å². The zero-order chi connectivity index (χ0) is 16.7. The molecule has 7 heteroatoms. The van der Waals surface area contributed by atoms with Crippen LogP contribution in [-0.2, 0) is 6.54 Å². The smallest absolute Gasteiger partial charge is 0.143 e. The molecule has 0 spiro atoms. The van der Waals surface area contributed by atoms with Crippen LogP contribution in [0.15, 0.2) is 48.8 Å². The predicted octanol–water partition coefficient (Wildman–Crippen LogP) is 3.89. The molecule has 24 heavy (non-hydrogen) atoms. The Balaban J connectivity index is 1.73. The second kappa shape index (κ2) is 5.52. The fraction of sp³-hybridized carbons (Fsp3) is 0.0588. The summed E-state index contributed by atoms with van der Waals surface area (Å²) in [7, 11) is 0. The SMILES string of the molecule is Fc1ccc(F)c(-c2nccn2Cc2nc3ccc(F)cc3[nH]2)c1. The number of aromatic amines is 1. The quantitative estimate of drug-likeness (QED) is 0.620. The highest BCUT2D eigenvalue weighted by molar-refractivity contribution is 5.74. The van der Waals surface area contributed by atoms with E-state index in [1.165, 1.54) is 18.3 Å². The normalized spacial score (nSPS) is 11.3. The summed E-state index contributed by atoms with van der Waals surface area (Å²) in [5, 5.41) is 0. The maximum atomic E-state index is 14.0. The molecule has 4 aromatic rings. The van der Waals surface area contributed by atoms with E-state index in [0.717, 1.165) is 18.2 Å². The maximum absolute atomic E-state index is 14.0. The molecule has 0 unspecified atom stereocenters. The number of imidazole rings is 2. The molecular weight excluding hydrogens is 317 g/mol. The lowest BCUT2D eigenvalue weighted by molar-refractivity contribution is 0.600. The minimum atomic E-state index is -0.560. The number of rotatable bonds is 3. The van der Waals surface area contributed by atoms with Gasteiger partial charge in [0, 0.05) is 12.4 Å². The van der Waals surface area contributed by atoms with Crippen LogP contribution in [0.4, 0.5) is 13.2 Å². The Labute approximate surface area is 134 Å². The molecule has 120 valence electrons. The fourth-order valence-electron chi connectivity index (χ4n) is 2.62. The number of nitrogens with one attached hydrogen (secondary N) is 1. The Morgan fingerprint density at radius 2 is 1.79 bits per heavy atom. The molecule has 2 heterocycles. The van der Waals surface area contributed by atoms with E-state index in [1.54, 1.807) is 16.8 Å². The number of aromatic nitrogens is 4. The molecule has 0 bridgehead atoms. The van der Waals surface area contributed by atoms with Crippen molar-refractivity contribution in [1.29, 1.82) is 0 Å². The molecule has 0 radical (unpaired) electrons. The second-order valence-electron chi connectivity index (χ2n) is 5.35. The fourth-order valence-corrected chi connectivity index (χ4v) is 2.62. The van der Waals surface area contributed by atoms with Crippen molar-refractivity contribution in [3.05, 3.63) is 72.1 Å². The number of fused-ring (bicyclic) bond motifs is 1. The van der Waals surface area contributed by atoms with Gasteiger partial charge in [-0.1, -0.05) is 0 Å². The molecule has 0 saturated heterocycles. The summed E-state index contributed by atoms with van der Waals surface area (Å²) in [6.07, 6.45) is 3.15. The highest BCUT2D eigenvalue weighted by atomic mass is 19.1. The number of nitrogens with zero attached hydrogens (tertiary/aromatic N) is 3. The van der Waals surface area contributed by atoms with Gasteiger partial charge in [-0.25, -0.2) is 23.1 Å². The third-order valence-corrected chi connectivity index (χ3v) is 3.70. The van der Waals surface area contributed by atoms with Crippen LogP contribution in [-0.4, -0.2) is 19.5 Å². The molecule has 0 saturated carbocycles. The van der Waals surface area contributed by atoms with Gasteiger partial charge in [-0.15, -0.1) is 0 Å². The predicted molar refractivity (Wildman–Crippen MR) is 82.7 cm³/mol. The molecule has 0 aliphatic carbocycles. The van der Waals surface area contributed by atoms with E-state index in [9.17, 15) is 13.2 Å². The molecule has 4 rings (SSSR count). The third kappa shape index (κ3) is 2.54. The Kier molecular flexibility index (Phi) is 3.34. The summed E-state index contributed by atoms with van der Waals surface area (Å²) in [6, 6.07) is 7.48. The summed E-state index contributed by atoms with van der Waals surface area (Å²) in [4.78, 5) is 11.5. The van der Waals surface area contributed by atoms with Gasteiger partial charge in [0.1, 0.15) is 29.1 Å². The zero-order valence-corrected chi connectivity index (χ0v) is 12.3. The number of hydrogen-bond donors (Lipinski definition) is 1. The van der Waals surface area contributed by atoms with Gasteiger partial charge in [-0.05, 0) is 36.4 Å². The van der Waals surface area contributed by atoms with E-state index in [1.807, 2.05) is 0 Å². The van der Waals surface area contributed by atoms with Crippen molar-refractivity contribution in [2.45, 2.75) is 6.54 Å². The van der Waals surface area contributed by atoms with Gasteiger partial charge in [0.25, 0.3) is 0 Å². The molecule has 0 atom stereocenters. The first-order chi connectivity index (χ1) is 11.6. The van der Waals surface area contributed by atoms with Crippen LogP contribution in [0.3, 0.4) is 0 Å². The third-order valence-electron chi connectivity index (χ3n) is 3.70. The molecule has 4 nitrogen and oxygen atoms in total. The number of halogens is 3. The average Bonchev–Trinajstić information content (AvgIpc) is 3.16. The van der Waals surface area contributed by atoms with E-state index < -0.39 is 11.6 Å². The first kappa shape index (κ1) is 14.5. The Morgan fingerprint density at radius 1 is 1.00 bits per heavy atom. The van der Waals surface area contributed by atoms with E-state index in [4.69, 9.17) is 0 Å². The summed E-state index contributed by atoms with van der Waals surface area (Å²) in [6.45, 7) is 0.265. The van der Waals surface area contributed by atoms with Gasteiger partial charge in [0.05, 0.1) is 23.1 Å². The minimum Gasteiger partial charge on any atom is -0.340 e. The number of H-pyrrole nitrogens is 1. The zero-order valence-electron chi connectivity index (χ0n) is 12.3. The van der Waals surface area contributed by atoms with Crippen LogP contribution >= 0.6 is 0 Å². The summed E-state index contributed by atoms with van der Waals surface area (Å²) in [5.74, 6) is -0.608. The van der Waals surface area contributed by atoms with Crippen LogP contribution < -0.4 is 0 Å². The summed E-state index contributed by atoms with van der Waals surface area (Å²) < 4.78 is 42.3. The number of benzene rings is 2. The lowest BCUT2D eigenvalue weighted by Gasteiger charge is -2.07. The van der Waals surface area contributed by atoms with Crippen molar-refractivity contribution in [3.63, 3.8) is 0 Å². The van der Waals surface area contributed by atoms with E-state index in [0.29, 0.717) is 22.7 Å². The standard InChI is InChI=1S/C17H11F3N4/c18-10-1-3-13(20)12(7-10)17-21-5-6-24(17)9-16-22-14-4-2-11(19)8-15(14)23-16/h1-8H,9H2,(H,22,23). The van der Waals surface area contributed by atoms with Crippen LogP contribution in [0.2, 0.25) is 0 Å². The molecule has 0 fully saturated rings. The van der Waals surface area contributed by atoms with Gasteiger partial charge < -0.3 is 9.55 Å². The van der Waals surface area contributed by atoms with Crippen LogP contribution in [0, 0.1) is 17.5 Å². The highest BCUT2D eigenvalue weighted by Gasteiger charge is 2.14. The highest BCUT2D eigenvalue weighted by Crippen LogP contribution is 2.23. The largest absolute Gasteiger partial charge is 0.340 e. The molecule has 2 aromatic carbocycles. The van der Waals surface area contributed by atoms with Gasteiger partial charge in [0.2, 0.25) is 0 Å². The van der Waals surface area contributed by atoms with Crippen molar-refractivity contribution >= 4 is 11.0 Å². The molecule has 0 amide bonds. The van der Waals surface area contributed by atoms with E-state index in [2.05, 4.69) is 15.0 Å². The first-order valence-corrected chi connectivity index (χ1v) is 7.21. The van der Waals surface area contributed by atoms with E-state index >= 15 is 0 Å².